The molecule has 4 nitrogen and oxygen atoms in total. The number of morpholine rings is 1. The molecule has 0 spiro atoms. The van der Waals surface area contributed by atoms with Gasteiger partial charge in [0.1, 0.15) is 5.82 Å². The standard InChI is InChI=1S/C14H20FN3O/c15-13-11-12(17-7-9-19-10-8-17)1-2-14(13)18-5-3-16-4-6-18/h1-2,11,16H,3-10H2. The number of nitrogens with zero attached hydrogens (tertiary/aromatic N) is 2. The highest BCUT2D eigenvalue weighted by Crippen LogP contribution is 2.25. The predicted octanol–water partition coefficient (Wildman–Crippen LogP) is 1.07. The van der Waals surface area contributed by atoms with Crippen LogP contribution in [-0.2, 0) is 4.74 Å². The van der Waals surface area contributed by atoms with Crippen molar-refractivity contribution in [3.05, 3.63) is 24.0 Å². The lowest BCUT2D eigenvalue weighted by atomic mass is 10.2. The molecule has 1 aromatic carbocycles. The summed E-state index contributed by atoms with van der Waals surface area (Å²) in [4.78, 5) is 4.28. The Kier molecular flexibility index (Phi) is 3.84. The fraction of sp³-hybridized carbons (Fsp3) is 0.571. The summed E-state index contributed by atoms with van der Waals surface area (Å²) < 4.78 is 19.6. The predicted molar refractivity (Wildman–Crippen MR) is 74.5 cm³/mol. The van der Waals surface area contributed by atoms with Crippen molar-refractivity contribution in [1.29, 1.82) is 0 Å². The molecule has 0 radical (unpaired) electrons. The third-order valence-electron chi connectivity index (χ3n) is 3.77. The van der Waals surface area contributed by atoms with Gasteiger partial charge < -0.3 is 19.9 Å². The molecule has 0 unspecified atom stereocenters. The second-order valence-electron chi connectivity index (χ2n) is 4.97. The van der Waals surface area contributed by atoms with Crippen molar-refractivity contribution in [2.75, 3.05) is 62.3 Å². The lowest BCUT2D eigenvalue weighted by Gasteiger charge is -2.32. The maximum atomic E-state index is 14.3. The number of halogens is 1. The minimum Gasteiger partial charge on any atom is -0.378 e. The van der Waals surface area contributed by atoms with Crippen molar-refractivity contribution in [2.45, 2.75) is 0 Å². The number of hydrogen-bond donors (Lipinski definition) is 1. The Hall–Kier alpha value is -1.33. The van der Waals surface area contributed by atoms with Crippen LogP contribution in [0.25, 0.3) is 0 Å². The minimum atomic E-state index is -0.120. The van der Waals surface area contributed by atoms with E-state index in [1.165, 1.54) is 0 Å². The topological polar surface area (TPSA) is 27.7 Å². The molecule has 0 aliphatic carbocycles. The molecule has 2 aliphatic heterocycles. The molecule has 104 valence electrons. The Morgan fingerprint density at radius 1 is 1.00 bits per heavy atom. The van der Waals surface area contributed by atoms with Gasteiger partial charge in [-0.1, -0.05) is 0 Å². The normalized spacial score (nSPS) is 20.7. The number of hydrogen-bond acceptors (Lipinski definition) is 4. The third kappa shape index (κ3) is 2.82. The van der Waals surface area contributed by atoms with Crippen LogP contribution in [0.3, 0.4) is 0 Å². The van der Waals surface area contributed by atoms with Crippen LogP contribution in [0.4, 0.5) is 15.8 Å². The lowest BCUT2D eigenvalue weighted by molar-refractivity contribution is 0.122. The van der Waals surface area contributed by atoms with E-state index in [1.807, 2.05) is 12.1 Å². The Morgan fingerprint density at radius 2 is 1.74 bits per heavy atom. The molecule has 0 aromatic heterocycles. The first kappa shape index (κ1) is 12.7. The number of rotatable bonds is 2. The van der Waals surface area contributed by atoms with E-state index >= 15 is 0 Å². The van der Waals surface area contributed by atoms with Crippen LogP contribution in [0, 0.1) is 5.82 Å². The summed E-state index contributed by atoms with van der Waals surface area (Å²) in [5, 5.41) is 3.28. The Morgan fingerprint density at radius 3 is 2.42 bits per heavy atom. The molecule has 0 amide bonds. The van der Waals surface area contributed by atoms with E-state index < -0.39 is 0 Å². The molecule has 2 saturated heterocycles. The first-order chi connectivity index (χ1) is 9.34. The van der Waals surface area contributed by atoms with Gasteiger partial charge in [0.25, 0.3) is 0 Å². The molecule has 3 rings (SSSR count). The van der Waals surface area contributed by atoms with Gasteiger partial charge in [-0.2, -0.15) is 0 Å². The van der Waals surface area contributed by atoms with E-state index in [0.717, 1.165) is 63.9 Å². The molecular formula is C14H20FN3O. The second-order valence-corrected chi connectivity index (χ2v) is 4.97. The second kappa shape index (κ2) is 5.75. The first-order valence-electron chi connectivity index (χ1n) is 6.92. The van der Waals surface area contributed by atoms with Gasteiger partial charge in [-0.05, 0) is 18.2 Å². The fourth-order valence-electron chi connectivity index (χ4n) is 2.68. The van der Waals surface area contributed by atoms with E-state index in [2.05, 4.69) is 15.1 Å². The zero-order valence-electron chi connectivity index (χ0n) is 11.1. The SMILES string of the molecule is Fc1cc(N2CCOCC2)ccc1N1CCNCC1. The van der Waals surface area contributed by atoms with Gasteiger partial charge in [-0.3, -0.25) is 0 Å². The van der Waals surface area contributed by atoms with E-state index in [4.69, 9.17) is 4.74 Å². The third-order valence-corrected chi connectivity index (χ3v) is 3.77. The zero-order chi connectivity index (χ0) is 13.1. The monoisotopic (exact) mass is 265 g/mol. The number of piperazine rings is 1. The van der Waals surface area contributed by atoms with Crippen molar-refractivity contribution in [2.24, 2.45) is 0 Å². The van der Waals surface area contributed by atoms with Gasteiger partial charge in [-0.25, -0.2) is 4.39 Å². The molecule has 2 heterocycles. The van der Waals surface area contributed by atoms with Crippen molar-refractivity contribution < 1.29 is 9.13 Å². The highest BCUT2D eigenvalue weighted by atomic mass is 19.1. The van der Waals surface area contributed by atoms with Crippen LogP contribution in [-0.4, -0.2) is 52.5 Å². The summed E-state index contributed by atoms with van der Waals surface area (Å²) in [6.07, 6.45) is 0. The van der Waals surface area contributed by atoms with Crippen LogP contribution in [0.15, 0.2) is 18.2 Å². The van der Waals surface area contributed by atoms with Crippen LogP contribution < -0.4 is 15.1 Å². The first-order valence-corrected chi connectivity index (χ1v) is 6.92. The quantitative estimate of drug-likeness (QED) is 0.866. The highest BCUT2D eigenvalue weighted by Gasteiger charge is 2.17. The molecule has 0 atom stereocenters. The minimum absolute atomic E-state index is 0.120. The summed E-state index contributed by atoms with van der Waals surface area (Å²) in [7, 11) is 0. The van der Waals surface area contributed by atoms with Crippen molar-refractivity contribution in [3.63, 3.8) is 0 Å². The van der Waals surface area contributed by atoms with E-state index in [1.54, 1.807) is 6.07 Å². The highest BCUT2D eigenvalue weighted by molar-refractivity contribution is 5.58. The van der Waals surface area contributed by atoms with Crippen molar-refractivity contribution in [3.8, 4) is 0 Å². The average Bonchev–Trinajstić information content (AvgIpc) is 2.49. The zero-order valence-corrected chi connectivity index (χ0v) is 11.1. The van der Waals surface area contributed by atoms with Crippen molar-refractivity contribution >= 4 is 11.4 Å². The molecule has 5 heteroatoms. The summed E-state index contributed by atoms with van der Waals surface area (Å²) in [5.41, 5.74) is 1.68. The number of ether oxygens (including phenoxy) is 1. The summed E-state index contributed by atoms with van der Waals surface area (Å²) >= 11 is 0. The Bertz CT molecular complexity index is 429. The van der Waals surface area contributed by atoms with Gasteiger partial charge >= 0.3 is 0 Å². The van der Waals surface area contributed by atoms with Gasteiger partial charge in [0.15, 0.2) is 0 Å². The molecule has 0 bridgehead atoms. The van der Waals surface area contributed by atoms with E-state index in [0.29, 0.717) is 0 Å². The lowest BCUT2D eigenvalue weighted by Crippen LogP contribution is -2.44. The maximum absolute atomic E-state index is 14.3. The summed E-state index contributed by atoms with van der Waals surface area (Å²) in [6.45, 7) is 6.71. The van der Waals surface area contributed by atoms with Crippen LogP contribution in [0.1, 0.15) is 0 Å². The van der Waals surface area contributed by atoms with Gasteiger partial charge in [0, 0.05) is 45.0 Å². The largest absolute Gasteiger partial charge is 0.378 e. The molecule has 1 aromatic rings. The van der Waals surface area contributed by atoms with E-state index in [-0.39, 0.29) is 5.82 Å². The molecule has 2 fully saturated rings. The maximum Gasteiger partial charge on any atom is 0.148 e. The van der Waals surface area contributed by atoms with Gasteiger partial charge in [0.2, 0.25) is 0 Å². The average molecular weight is 265 g/mol. The van der Waals surface area contributed by atoms with E-state index in [9.17, 15) is 4.39 Å². The smallest absolute Gasteiger partial charge is 0.148 e. The number of benzene rings is 1. The van der Waals surface area contributed by atoms with Crippen LogP contribution in [0.2, 0.25) is 0 Å². The number of nitrogens with one attached hydrogen (secondary N) is 1. The number of anilines is 2. The molecule has 2 aliphatic rings. The molecule has 1 N–H and O–H groups in total. The Labute approximate surface area is 113 Å². The molecular weight excluding hydrogens is 245 g/mol. The molecule has 19 heavy (non-hydrogen) atoms. The summed E-state index contributed by atoms with van der Waals surface area (Å²) in [5.74, 6) is -0.120. The van der Waals surface area contributed by atoms with Crippen molar-refractivity contribution in [1.82, 2.24) is 5.32 Å². The van der Waals surface area contributed by atoms with Crippen LogP contribution >= 0.6 is 0 Å². The van der Waals surface area contributed by atoms with Gasteiger partial charge in [0.05, 0.1) is 18.9 Å². The van der Waals surface area contributed by atoms with Crippen LogP contribution in [0.5, 0.6) is 0 Å². The fourth-order valence-corrected chi connectivity index (χ4v) is 2.68. The van der Waals surface area contributed by atoms with Gasteiger partial charge in [-0.15, -0.1) is 0 Å². The Balaban J connectivity index is 1.76. The molecule has 0 saturated carbocycles. The summed E-state index contributed by atoms with van der Waals surface area (Å²) in [6, 6.07) is 5.58.